The Hall–Kier alpha value is -0.610. The number of hydrogen-bond acceptors (Lipinski definition) is 3. The second kappa shape index (κ2) is 6.73. The Balaban J connectivity index is 1.60. The van der Waals surface area contributed by atoms with Gasteiger partial charge in [-0.3, -0.25) is 4.79 Å². The van der Waals surface area contributed by atoms with Crippen LogP contribution >= 0.6 is 0 Å². The van der Waals surface area contributed by atoms with Crippen LogP contribution in [0.3, 0.4) is 0 Å². The molecule has 0 spiro atoms. The van der Waals surface area contributed by atoms with Crippen LogP contribution < -0.4 is 0 Å². The van der Waals surface area contributed by atoms with Crippen molar-refractivity contribution in [1.29, 1.82) is 0 Å². The van der Waals surface area contributed by atoms with Crippen molar-refractivity contribution < 1.29 is 20.1 Å². The molecule has 0 aliphatic heterocycles. The van der Waals surface area contributed by atoms with Gasteiger partial charge in [0.25, 0.3) is 0 Å². The summed E-state index contributed by atoms with van der Waals surface area (Å²) in [5.41, 5.74) is 0.434. The zero-order valence-corrected chi connectivity index (χ0v) is 17.2. The van der Waals surface area contributed by atoms with Gasteiger partial charge < -0.3 is 15.3 Å². The highest BCUT2D eigenvalue weighted by molar-refractivity contribution is 5.67. The smallest absolute Gasteiger partial charge is 0.303 e. The van der Waals surface area contributed by atoms with Gasteiger partial charge in [-0.1, -0.05) is 20.8 Å². The van der Waals surface area contributed by atoms with E-state index in [2.05, 4.69) is 20.8 Å². The maximum Gasteiger partial charge on any atom is 0.303 e. The monoisotopic (exact) mass is 378 g/mol. The normalized spacial score (nSPS) is 53.1. The van der Waals surface area contributed by atoms with E-state index in [9.17, 15) is 20.1 Å². The van der Waals surface area contributed by atoms with E-state index >= 15 is 0 Å². The van der Waals surface area contributed by atoms with Crippen LogP contribution in [0.25, 0.3) is 0 Å². The number of carboxylic acids is 1. The standard InChI is InChI=1S/C23H38O4/c1-13(10-20(26)27)16-4-5-17-21-18(7-9-23(16,17)3)22(2)8-6-15(24)11-14(22)12-19(21)25/h13-19,21,24-25H,4-12H2,1-3H3,(H,26,27)/t13-,14+,15-,16-,17+,18+,19+,21+,22+,23-/m0/s1. The molecule has 4 fully saturated rings. The fraction of sp³-hybridized carbons (Fsp3) is 0.957. The molecule has 0 amide bonds. The van der Waals surface area contributed by atoms with Gasteiger partial charge in [0.05, 0.1) is 12.2 Å². The van der Waals surface area contributed by atoms with E-state index in [-0.39, 0.29) is 35.4 Å². The van der Waals surface area contributed by atoms with E-state index in [0.29, 0.717) is 29.6 Å². The summed E-state index contributed by atoms with van der Waals surface area (Å²) < 4.78 is 0. The Morgan fingerprint density at radius 2 is 1.67 bits per heavy atom. The molecular formula is C23H38O4. The van der Waals surface area contributed by atoms with E-state index in [1.165, 1.54) is 6.42 Å². The van der Waals surface area contributed by atoms with E-state index in [1.807, 2.05) is 0 Å². The highest BCUT2D eigenvalue weighted by Crippen LogP contribution is 2.68. The summed E-state index contributed by atoms with van der Waals surface area (Å²) in [4.78, 5) is 11.3. The maximum absolute atomic E-state index is 11.3. The van der Waals surface area contributed by atoms with E-state index in [1.54, 1.807) is 0 Å². The van der Waals surface area contributed by atoms with Gasteiger partial charge >= 0.3 is 5.97 Å². The number of fused-ring (bicyclic) bond motifs is 5. The molecule has 0 aromatic rings. The lowest BCUT2D eigenvalue weighted by Crippen LogP contribution is -2.58. The first-order valence-electron chi connectivity index (χ1n) is 11.2. The van der Waals surface area contributed by atoms with Crippen molar-refractivity contribution in [3.05, 3.63) is 0 Å². The Morgan fingerprint density at radius 3 is 2.37 bits per heavy atom. The second-order valence-corrected chi connectivity index (χ2v) is 11.0. The predicted molar refractivity (Wildman–Crippen MR) is 104 cm³/mol. The Bertz CT molecular complexity index is 591. The van der Waals surface area contributed by atoms with Gasteiger partial charge in [0, 0.05) is 6.42 Å². The molecule has 4 rings (SSSR count). The average molecular weight is 379 g/mol. The predicted octanol–water partition coefficient (Wildman–Crippen LogP) is 4.09. The van der Waals surface area contributed by atoms with Crippen molar-refractivity contribution in [1.82, 2.24) is 0 Å². The number of hydrogen-bond donors (Lipinski definition) is 3. The number of rotatable bonds is 3. The molecule has 0 aromatic carbocycles. The summed E-state index contributed by atoms with van der Waals surface area (Å²) in [5, 5.41) is 30.7. The fourth-order valence-electron chi connectivity index (χ4n) is 8.59. The molecule has 10 atom stereocenters. The molecule has 4 aliphatic rings. The first-order valence-corrected chi connectivity index (χ1v) is 11.2. The molecule has 0 saturated heterocycles. The number of aliphatic hydroxyl groups excluding tert-OH is 2. The van der Waals surface area contributed by atoms with Gasteiger partial charge in [0.1, 0.15) is 0 Å². The van der Waals surface area contributed by atoms with Crippen molar-refractivity contribution in [2.75, 3.05) is 0 Å². The molecule has 0 unspecified atom stereocenters. The zero-order valence-electron chi connectivity index (χ0n) is 17.2. The molecule has 0 heterocycles. The topological polar surface area (TPSA) is 77.8 Å². The van der Waals surface area contributed by atoms with Crippen LogP contribution in [0.1, 0.15) is 78.6 Å². The van der Waals surface area contributed by atoms with Crippen molar-refractivity contribution in [3.63, 3.8) is 0 Å². The first-order chi connectivity index (χ1) is 12.7. The Kier molecular flexibility index (Phi) is 4.91. The molecule has 4 saturated carbocycles. The van der Waals surface area contributed by atoms with Gasteiger partial charge in [0.2, 0.25) is 0 Å². The Labute approximate surface area is 163 Å². The third-order valence-electron chi connectivity index (χ3n) is 9.91. The summed E-state index contributed by atoms with van der Waals surface area (Å²) in [6.45, 7) is 6.96. The summed E-state index contributed by atoms with van der Waals surface area (Å²) in [6, 6.07) is 0. The van der Waals surface area contributed by atoms with Crippen LogP contribution in [0.4, 0.5) is 0 Å². The van der Waals surface area contributed by atoms with Gasteiger partial charge in [-0.05, 0) is 97.7 Å². The van der Waals surface area contributed by atoms with E-state index < -0.39 is 5.97 Å². The van der Waals surface area contributed by atoms with Crippen molar-refractivity contribution in [3.8, 4) is 0 Å². The zero-order chi connectivity index (χ0) is 19.6. The van der Waals surface area contributed by atoms with Gasteiger partial charge in [-0.25, -0.2) is 0 Å². The second-order valence-electron chi connectivity index (χ2n) is 11.0. The van der Waals surface area contributed by atoms with Crippen molar-refractivity contribution in [2.45, 2.75) is 90.8 Å². The minimum absolute atomic E-state index is 0.175. The van der Waals surface area contributed by atoms with Gasteiger partial charge in [-0.15, -0.1) is 0 Å². The number of carboxylic acid groups (broad SMARTS) is 1. The van der Waals surface area contributed by atoms with Crippen LogP contribution in [0, 0.1) is 46.3 Å². The minimum atomic E-state index is -0.683. The Morgan fingerprint density at radius 1 is 1.00 bits per heavy atom. The number of aliphatic hydroxyl groups is 2. The van der Waals surface area contributed by atoms with Crippen LogP contribution in [0.2, 0.25) is 0 Å². The van der Waals surface area contributed by atoms with E-state index in [4.69, 9.17) is 0 Å². The largest absolute Gasteiger partial charge is 0.481 e. The summed E-state index contributed by atoms with van der Waals surface area (Å²) in [7, 11) is 0. The third kappa shape index (κ3) is 2.97. The fourth-order valence-corrected chi connectivity index (χ4v) is 8.59. The molecule has 0 radical (unpaired) electrons. The summed E-state index contributed by atoms with van der Waals surface area (Å²) in [6.07, 6.45) is 8.12. The molecule has 4 heteroatoms. The molecule has 154 valence electrons. The number of carbonyl (C=O) groups is 1. The maximum atomic E-state index is 11.3. The molecular weight excluding hydrogens is 340 g/mol. The quantitative estimate of drug-likeness (QED) is 0.691. The lowest BCUT2D eigenvalue weighted by atomic mass is 9.43. The molecule has 3 N–H and O–H groups in total. The molecule has 0 aromatic heterocycles. The van der Waals surface area contributed by atoms with Gasteiger partial charge in [0.15, 0.2) is 0 Å². The summed E-state index contributed by atoms with van der Waals surface area (Å²) >= 11 is 0. The van der Waals surface area contributed by atoms with E-state index in [0.717, 1.165) is 44.9 Å². The van der Waals surface area contributed by atoms with Crippen LogP contribution in [-0.2, 0) is 4.79 Å². The average Bonchev–Trinajstić information content (AvgIpc) is 2.93. The highest BCUT2D eigenvalue weighted by Gasteiger charge is 2.62. The van der Waals surface area contributed by atoms with Gasteiger partial charge in [-0.2, -0.15) is 0 Å². The molecule has 27 heavy (non-hydrogen) atoms. The molecule has 0 bridgehead atoms. The lowest BCUT2D eigenvalue weighted by molar-refractivity contribution is -0.174. The minimum Gasteiger partial charge on any atom is -0.481 e. The van der Waals surface area contributed by atoms with Crippen LogP contribution in [-0.4, -0.2) is 33.5 Å². The molecule has 4 nitrogen and oxygen atoms in total. The molecule has 4 aliphatic carbocycles. The first kappa shape index (κ1) is 19.7. The van der Waals surface area contributed by atoms with Crippen molar-refractivity contribution >= 4 is 5.97 Å². The SMILES string of the molecule is C[C@@H](CC(=O)O)[C@@H]1CC[C@@H]2[C@H]3[C@H](O)C[C@H]4C[C@@H](O)CC[C@@]4(C)[C@@H]3CC[C@]21C. The highest BCUT2D eigenvalue weighted by atomic mass is 16.4. The lowest BCUT2D eigenvalue weighted by Gasteiger charge is -2.62. The van der Waals surface area contributed by atoms with Crippen LogP contribution in [0.5, 0.6) is 0 Å². The number of aliphatic carboxylic acids is 1. The van der Waals surface area contributed by atoms with Crippen molar-refractivity contribution in [2.24, 2.45) is 46.3 Å². The van der Waals surface area contributed by atoms with Crippen LogP contribution in [0.15, 0.2) is 0 Å². The summed E-state index contributed by atoms with van der Waals surface area (Å²) in [5.74, 6) is 1.89. The third-order valence-corrected chi connectivity index (χ3v) is 9.91.